The van der Waals surface area contributed by atoms with Gasteiger partial charge in [-0.05, 0) is 6.07 Å². The fraction of sp³-hybridized carbons (Fsp3) is 0. The lowest BCUT2D eigenvalue weighted by Crippen LogP contribution is -2.03. The van der Waals surface area contributed by atoms with E-state index < -0.39 is 5.97 Å². The average molecular weight is 198 g/mol. The van der Waals surface area contributed by atoms with E-state index in [0.29, 0.717) is 11.0 Å². The monoisotopic (exact) mass is 197 g/mol. The minimum absolute atomic E-state index is 0.118. The molecule has 2 aromatic rings. The fourth-order valence-corrected chi connectivity index (χ4v) is 1.23. The summed E-state index contributed by atoms with van der Waals surface area (Å²) in [5.74, 6) is -1.48. The molecule has 2 rings (SSSR count). The topological polar surface area (TPSA) is 78.9 Å². The lowest BCUT2D eigenvalue weighted by Gasteiger charge is -1.95. The minimum atomic E-state index is -1.19. The zero-order valence-corrected chi connectivity index (χ0v) is 7.04. The van der Waals surface area contributed by atoms with E-state index in [1.54, 1.807) is 12.3 Å². The van der Waals surface area contributed by atoms with Crippen LogP contribution in [0.15, 0.2) is 12.3 Å². The molecule has 6 heteroatoms. The van der Waals surface area contributed by atoms with Gasteiger partial charge in [0.1, 0.15) is 5.52 Å². The number of rotatable bonds is 1. The smallest absolute Gasteiger partial charge is 0.374 e. The van der Waals surface area contributed by atoms with Crippen molar-refractivity contribution in [1.82, 2.24) is 15.0 Å². The molecule has 0 aliphatic rings. The van der Waals surface area contributed by atoms with E-state index >= 15 is 0 Å². The molecule has 0 spiro atoms. The van der Waals surface area contributed by atoms with Crippen molar-refractivity contribution in [1.29, 1.82) is 0 Å². The van der Waals surface area contributed by atoms with Crippen LogP contribution in [0.25, 0.3) is 11.0 Å². The first-order valence-corrected chi connectivity index (χ1v) is 3.80. The highest BCUT2D eigenvalue weighted by Crippen LogP contribution is 2.17. The lowest BCUT2D eigenvalue weighted by atomic mass is 10.4. The van der Waals surface area contributed by atoms with Crippen LogP contribution in [0, 0.1) is 0 Å². The molecule has 2 aromatic heterocycles. The van der Waals surface area contributed by atoms with Gasteiger partial charge in [-0.25, -0.2) is 14.8 Å². The maximum Gasteiger partial charge on any atom is 0.374 e. The molecule has 0 fully saturated rings. The van der Waals surface area contributed by atoms with Crippen LogP contribution in [0.5, 0.6) is 0 Å². The van der Waals surface area contributed by atoms with Gasteiger partial charge in [0, 0.05) is 6.20 Å². The van der Waals surface area contributed by atoms with Gasteiger partial charge in [-0.3, -0.25) is 0 Å². The Morgan fingerprint density at radius 3 is 3.00 bits per heavy atom. The van der Waals surface area contributed by atoms with Crippen molar-refractivity contribution in [2.75, 3.05) is 0 Å². The van der Waals surface area contributed by atoms with Crippen molar-refractivity contribution in [2.24, 2.45) is 0 Å². The van der Waals surface area contributed by atoms with E-state index in [0.717, 1.165) is 0 Å². The molecule has 66 valence electrons. The van der Waals surface area contributed by atoms with E-state index in [9.17, 15) is 4.79 Å². The van der Waals surface area contributed by atoms with Gasteiger partial charge in [0.15, 0.2) is 5.15 Å². The number of fused-ring (bicyclic) bond motifs is 1. The fourth-order valence-electron chi connectivity index (χ4n) is 1.00. The van der Waals surface area contributed by atoms with Gasteiger partial charge in [-0.15, -0.1) is 0 Å². The number of carboxylic acids is 1. The van der Waals surface area contributed by atoms with Crippen LogP contribution >= 0.6 is 11.6 Å². The van der Waals surface area contributed by atoms with Gasteiger partial charge < -0.3 is 10.1 Å². The zero-order valence-electron chi connectivity index (χ0n) is 6.28. The first-order chi connectivity index (χ1) is 6.18. The second-order valence-electron chi connectivity index (χ2n) is 2.38. The molecule has 0 aliphatic carbocycles. The van der Waals surface area contributed by atoms with Crippen molar-refractivity contribution in [2.45, 2.75) is 0 Å². The molecule has 13 heavy (non-hydrogen) atoms. The minimum Gasteiger partial charge on any atom is -0.475 e. The highest BCUT2D eigenvalue weighted by Gasteiger charge is 2.11. The Morgan fingerprint density at radius 1 is 1.54 bits per heavy atom. The van der Waals surface area contributed by atoms with Crippen molar-refractivity contribution in [3.63, 3.8) is 0 Å². The molecular weight excluding hydrogens is 194 g/mol. The van der Waals surface area contributed by atoms with Crippen LogP contribution in [-0.4, -0.2) is 26.0 Å². The number of aromatic amines is 1. The Bertz CT molecular complexity index is 480. The normalized spacial score (nSPS) is 10.5. The first-order valence-electron chi connectivity index (χ1n) is 3.42. The molecular formula is C7H4ClN3O2. The third-order valence-electron chi connectivity index (χ3n) is 1.55. The quantitative estimate of drug-likeness (QED) is 0.676. The van der Waals surface area contributed by atoms with Gasteiger partial charge in [0.05, 0.1) is 5.52 Å². The number of hydrogen-bond acceptors (Lipinski definition) is 3. The molecule has 0 saturated heterocycles. The molecule has 0 unspecified atom stereocenters. The highest BCUT2D eigenvalue weighted by atomic mass is 35.5. The van der Waals surface area contributed by atoms with E-state index in [4.69, 9.17) is 16.7 Å². The average Bonchev–Trinajstić information content (AvgIpc) is 2.51. The predicted octanol–water partition coefficient (Wildman–Crippen LogP) is 1.31. The van der Waals surface area contributed by atoms with Gasteiger partial charge in [-0.1, -0.05) is 11.6 Å². The predicted molar refractivity (Wildman–Crippen MR) is 45.9 cm³/mol. The van der Waals surface area contributed by atoms with Crippen LogP contribution in [-0.2, 0) is 0 Å². The summed E-state index contributed by atoms with van der Waals surface area (Å²) in [5.41, 5.74) is 1.05. The summed E-state index contributed by atoms with van der Waals surface area (Å²) in [6, 6.07) is 1.63. The van der Waals surface area contributed by atoms with E-state index in [2.05, 4.69) is 15.0 Å². The number of carbonyl (C=O) groups is 1. The van der Waals surface area contributed by atoms with Crippen molar-refractivity contribution in [3.05, 3.63) is 23.2 Å². The van der Waals surface area contributed by atoms with Crippen LogP contribution in [0.4, 0.5) is 0 Å². The van der Waals surface area contributed by atoms with E-state index in [1.165, 1.54) is 0 Å². The number of nitrogens with one attached hydrogen (secondary N) is 1. The largest absolute Gasteiger partial charge is 0.475 e. The lowest BCUT2D eigenvalue weighted by molar-refractivity contribution is 0.0684. The maximum absolute atomic E-state index is 10.5. The summed E-state index contributed by atoms with van der Waals surface area (Å²) >= 11 is 5.70. The van der Waals surface area contributed by atoms with Crippen molar-refractivity contribution in [3.8, 4) is 0 Å². The SMILES string of the molecule is O=C(O)c1nc(Cl)c2[nH]ccc2n1. The summed E-state index contributed by atoms with van der Waals surface area (Å²) in [6.45, 7) is 0. The number of halogens is 1. The molecule has 2 heterocycles. The summed E-state index contributed by atoms with van der Waals surface area (Å²) in [7, 11) is 0. The number of hydrogen-bond donors (Lipinski definition) is 2. The van der Waals surface area contributed by atoms with Gasteiger partial charge in [0.2, 0.25) is 5.82 Å². The summed E-state index contributed by atoms with van der Waals surface area (Å²) in [4.78, 5) is 20.7. The molecule has 0 radical (unpaired) electrons. The van der Waals surface area contributed by atoms with Gasteiger partial charge in [-0.2, -0.15) is 0 Å². The highest BCUT2D eigenvalue weighted by molar-refractivity contribution is 6.33. The molecule has 0 aromatic carbocycles. The number of aromatic nitrogens is 3. The van der Waals surface area contributed by atoms with Crippen LogP contribution in [0.1, 0.15) is 10.6 Å². The Kier molecular flexibility index (Phi) is 1.66. The maximum atomic E-state index is 10.5. The third kappa shape index (κ3) is 1.23. The Morgan fingerprint density at radius 2 is 2.31 bits per heavy atom. The van der Waals surface area contributed by atoms with Crippen LogP contribution < -0.4 is 0 Å². The van der Waals surface area contributed by atoms with Crippen molar-refractivity contribution < 1.29 is 9.90 Å². The number of aromatic carboxylic acids is 1. The second kappa shape index (κ2) is 2.70. The Balaban J connectivity index is 2.77. The van der Waals surface area contributed by atoms with Crippen LogP contribution in [0.2, 0.25) is 5.15 Å². The molecule has 0 amide bonds. The summed E-state index contributed by atoms with van der Waals surface area (Å²) in [5, 5.41) is 8.73. The molecule has 0 atom stereocenters. The first kappa shape index (κ1) is 8.00. The van der Waals surface area contributed by atoms with Gasteiger partial charge in [0.25, 0.3) is 0 Å². The van der Waals surface area contributed by atoms with Crippen molar-refractivity contribution >= 4 is 28.6 Å². The zero-order chi connectivity index (χ0) is 9.42. The van der Waals surface area contributed by atoms with E-state index in [1.807, 2.05) is 0 Å². The second-order valence-corrected chi connectivity index (χ2v) is 2.74. The molecule has 5 nitrogen and oxygen atoms in total. The molecule has 0 saturated carbocycles. The van der Waals surface area contributed by atoms with E-state index in [-0.39, 0.29) is 11.0 Å². The summed E-state index contributed by atoms with van der Waals surface area (Å²) in [6.07, 6.45) is 1.62. The Labute approximate surface area is 77.4 Å². The van der Waals surface area contributed by atoms with Crippen LogP contribution in [0.3, 0.4) is 0 Å². The van der Waals surface area contributed by atoms with Gasteiger partial charge >= 0.3 is 5.97 Å². The number of carboxylic acid groups (broad SMARTS) is 1. The number of H-pyrrole nitrogens is 1. The standard InChI is InChI=1S/C7H4ClN3O2/c8-5-4-3(1-2-9-4)10-6(11-5)7(12)13/h1-2,9H,(H,12,13). The molecule has 0 bridgehead atoms. The summed E-state index contributed by atoms with van der Waals surface area (Å²) < 4.78 is 0. The molecule has 2 N–H and O–H groups in total. The molecule has 0 aliphatic heterocycles. The third-order valence-corrected chi connectivity index (χ3v) is 1.83. The Hall–Kier alpha value is -1.62. The number of nitrogens with zero attached hydrogens (tertiary/aromatic N) is 2.